The average Bonchev–Trinajstić information content (AvgIpc) is 2.61. The number of ether oxygens (including phenoxy) is 3. The van der Waals surface area contributed by atoms with Crippen molar-refractivity contribution in [3.05, 3.63) is 57.6 Å². The lowest BCUT2D eigenvalue weighted by Gasteiger charge is -2.17. The third kappa shape index (κ3) is 3.57. The van der Waals surface area contributed by atoms with Crippen LogP contribution in [0.25, 0.3) is 0 Å². The van der Waals surface area contributed by atoms with Crippen molar-refractivity contribution in [1.29, 1.82) is 0 Å². The Kier molecular flexibility index (Phi) is 5.71. The smallest absolute Gasteiger partial charge is 0.343 e. The Balaban J connectivity index is 2.71. The average molecular weight is 381 g/mol. The first-order valence-electron chi connectivity index (χ1n) is 7.50. The van der Waals surface area contributed by atoms with E-state index in [9.17, 15) is 18.5 Å². The molecule has 2 aromatic carbocycles. The summed E-state index contributed by atoms with van der Waals surface area (Å²) < 4.78 is 41.3. The Bertz CT molecular complexity index is 907. The van der Waals surface area contributed by atoms with E-state index in [1.807, 2.05) is 0 Å². The Labute approximate surface area is 151 Å². The quantitative estimate of drug-likeness (QED) is 0.536. The lowest BCUT2D eigenvalue weighted by Crippen LogP contribution is -2.22. The van der Waals surface area contributed by atoms with E-state index in [1.165, 1.54) is 45.6 Å². The van der Waals surface area contributed by atoms with Crippen molar-refractivity contribution in [2.24, 2.45) is 0 Å². The van der Waals surface area contributed by atoms with Crippen LogP contribution in [0.3, 0.4) is 0 Å². The Morgan fingerprint density at radius 3 is 1.88 bits per heavy atom. The van der Waals surface area contributed by atoms with Gasteiger partial charge in [-0.25, -0.2) is 8.42 Å². The van der Waals surface area contributed by atoms with Crippen LogP contribution in [0.1, 0.15) is 16.5 Å². The van der Waals surface area contributed by atoms with Crippen LogP contribution in [0.4, 0.5) is 0 Å². The highest BCUT2D eigenvalue weighted by Gasteiger charge is 2.42. The van der Waals surface area contributed by atoms with Gasteiger partial charge in [-0.15, -0.1) is 0 Å². The summed E-state index contributed by atoms with van der Waals surface area (Å²) in [6.07, 6.45) is 0. The summed E-state index contributed by atoms with van der Waals surface area (Å²) in [5.74, 6) is 0.442. The van der Waals surface area contributed by atoms with Gasteiger partial charge in [0.15, 0.2) is 11.5 Å². The zero-order valence-corrected chi connectivity index (χ0v) is 15.6. The molecule has 1 unspecified atom stereocenters. The standard InChI is InChI=1S/C17H19NO7S/c1-11-5-7-12(8-6-11)26(21,22)17(18(19)20)13-9-15(24-3)16(25-4)10-14(13)23-2/h5-10,17H,1-4H3. The number of hydrogen-bond acceptors (Lipinski definition) is 7. The first-order chi connectivity index (χ1) is 12.3. The van der Waals surface area contributed by atoms with E-state index in [0.717, 1.165) is 5.56 Å². The van der Waals surface area contributed by atoms with Crippen LogP contribution in [0.2, 0.25) is 0 Å². The van der Waals surface area contributed by atoms with Crippen LogP contribution in [0.15, 0.2) is 41.3 Å². The molecule has 0 spiro atoms. The molecule has 2 rings (SSSR count). The van der Waals surface area contributed by atoms with Crippen LogP contribution >= 0.6 is 0 Å². The van der Waals surface area contributed by atoms with Crippen molar-refractivity contribution in [3.8, 4) is 17.2 Å². The summed E-state index contributed by atoms with van der Waals surface area (Å²) in [6, 6.07) is 8.44. The van der Waals surface area contributed by atoms with Gasteiger partial charge in [-0.3, -0.25) is 10.1 Å². The molecule has 0 aliphatic carbocycles. The summed E-state index contributed by atoms with van der Waals surface area (Å²) in [4.78, 5) is 10.7. The molecule has 0 fully saturated rings. The van der Waals surface area contributed by atoms with Gasteiger partial charge in [-0.2, -0.15) is 0 Å². The summed E-state index contributed by atoms with van der Waals surface area (Å²) in [6.45, 7) is 1.79. The molecule has 0 radical (unpaired) electrons. The topological polar surface area (TPSA) is 105 Å². The molecule has 1 atom stereocenters. The van der Waals surface area contributed by atoms with Crippen LogP contribution in [0, 0.1) is 17.0 Å². The van der Waals surface area contributed by atoms with Crippen LogP contribution < -0.4 is 14.2 Å². The van der Waals surface area contributed by atoms with E-state index >= 15 is 0 Å². The Morgan fingerprint density at radius 2 is 1.42 bits per heavy atom. The largest absolute Gasteiger partial charge is 0.496 e. The maximum Gasteiger partial charge on any atom is 0.343 e. The first kappa shape index (κ1) is 19.5. The minimum Gasteiger partial charge on any atom is -0.496 e. The normalized spacial score (nSPS) is 12.3. The molecule has 0 heterocycles. The third-order valence-electron chi connectivity index (χ3n) is 3.84. The number of hydrogen-bond donors (Lipinski definition) is 0. The lowest BCUT2D eigenvalue weighted by molar-refractivity contribution is -0.503. The number of nitro groups is 1. The fraction of sp³-hybridized carbons (Fsp3) is 0.294. The number of rotatable bonds is 7. The van der Waals surface area contributed by atoms with Crippen molar-refractivity contribution < 1.29 is 27.6 Å². The van der Waals surface area contributed by atoms with Gasteiger partial charge in [0, 0.05) is 11.0 Å². The fourth-order valence-electron chi connectivity index (χ4n) is 2.50. The fourth-order valence-corrected chi connectivity index (χ4v) is 4.02. The van der Waals surface area contributed by atoms with E-state index in [-0.39, 0.29) is 27.7 Å². The van der Waals surface area contributed by atoms with Gasteiger partial charge >= 0.3 is 5.37 Å². The second-order valence-electron chi connectivity index (χ2n) is 5.44. The molecule has 0 N–H and O–H groups in total. The van der Waals surface area contributed by atoms with Crippen LogP contribution in [-0.2, 0) is 9.84 Å². The molecule has 2 aromatic rings. The molecule has 0 aliphatic rings. The summed E-state index contributed by atoms with van der Waals surface area (Å²) in [5, 5.41) is 9.65. The van der Waals surface area contributed by atoms with Crippen LogP contribution in [-0.4, -0.2) is 34.7 Å². The second-order valence-corrected chi connectivity index (χ2v) is 7.45. The number of nitrogens with zero attached hydrogens (tertiary/aromatic N) is 1. The third-order valence-corrected chi connectivity index (χ3v) is 5.78. The highest BCUT2D eigenvalue weighted by Crippen LogP contribution is 2.41. The summed E-state index contributed by atoms with van der Waals surface area (Å²) >= 11 is 0. The molecular formula is C17H19NO7S. The van der Waals surface area contributed by atoms with E-state index in [1.54, 1.807) is 19.1 Å². The second kappa shape index (κ2) is 7.61. The zero-order chi connectivity index (χ0) is 19.5. The molecule has 140 valence electrons. The number of aryl methyl sites for hydroxylation is 1. The molecule has 0 aromatic heterocycles. The lowest BCUT2D eigenvalue weighted by atomic mass is 10.1. The summed E-state index contributed by atoms with van der Waals surface area (Å²) in [7, 11) is -0.286. The maximum atomic E-state index is 12.9. The molecular weight excluding hydrogens is 362 g/mol. The van der Waals surface area contributed by atoms with Crippen LogP contribution in [0.5, 0.6) is 17.2 Å². The molecule has 9 heteroatoms. The molecule has 26 heavy (non-hydrogen) atoms. The number of sulfone groups is 1. The predicted octanol–water partition coefficient (Wildman–Crippen LogP) is 2.77. The van der Waals surface area contributed by atoms with Gasteiger partial charge in [0.2, 0.25) is 0 Å². The Hall–Kier alpha value is -2.81. The molecule has 0 saturated heterocycles. The minimum atomic E-state index is -4.32. The van der Waals surface area contributed by atoms with Gasteiger partial charge in [-0.1, -0.05) is 17.7 Å². The molecule has 8 nitrogen and oxygen atoms in total. The highest BCUT2D eigenvalue weighted by molar-refractivity contribution is 7.91. The van der Waals surface area contributed by atoms with Crippen molar-refractivity contribution in [2.45, 2.75) is 17.2 Å². The van der Waals surface area contributed by atoms with Gasteiger partial charge < -0.3 is 14.2 Å². The molecule has 0 aliphatic heterocycles. The zero-order valence-electron chi connectivity index (χ0n) is 14.8. The van der Waals surface area contributed by atoms with Crippen molar-refractivity contribution in [2.75, 3.05) is 21.3 Å². The van der Waals surface area contributed by atoms with E-state index < -0.39 is 20.1 Å². The summed E-state index contributed by atoms with van der Waals surface area (Å²) in [5.41, 5.74) is 0.695. The van der Waals surface area contributed by atoms with Gasteiger partial charge in [0.05, 0.1) is 31.8 Å². The molecule has 0 amide bonds. The molecule has 0 saturated carbocycles. The van der Waals surface area contributed by atoms with Crippen molar-refractivity contribution in [3.63, 3.8) is 0 Å². The SMILES string of the molecule is COc1cc(OC)c(C([N+](=O)[O-])S(=O)(=O)c2ccc(C)cc2)cc1OC. The Morgan fingerprint density at radius 1 is 0.923 bits per heavy atom. The van der Waals surface area contributed by atoms with E-state index in [4.69, 9.17) is 14.2 Å². The van der Waals surface area contributed by atoms with E-state index in [2.05, 4.69) is 0 Å². The van der Waals surface area contributed by atoms with Gasteiger partial charge in [0.25, 0.3) is 9.84 Å². The minimum absolute atomic E-state index is 0.0139. The predicted molar refractivity (Wildman–Crippen MR) is 94.2 cm³/mol. The van der Waals surface area contributed by atoms with Crippen molar-refractivity contribution in [1.82, 2.24) is 0 Å². The van der Waals surface area contributed by atoms with E-state index in [0.29, 0.717) is 0 Å². The maximum absolute atomic E-state index is 12.9. The van der Waals surface area contributed by atoms with Gasteiger partial charge in [0.1, 0.15) is 5.75 Å². The monoisotopic (exact) mass is 381 g/mol. The van der Waals surface area contributed by atoms with Crippen molar-refractivity contribution >= 4 is 9.84 Å². The highest BCUT2D eigenvalue weighted by atomic mass is 32.2. The molecule has 0 bridgehead atoms. The first-order valence-corrected chi connectivity index (χ1v) is 9.04. The number of benzene rings is 2. The number of methoxy groups -OCH3 is 3. The van der Waals surface area contributed by atoms with Gasteiger partial charge in [-0.05, 0) is 25.1 Å².